The molecule has 4 rings (SSSR count). The van der Waals surface area contributed by atoms with E-state index in [0.29, 0.717) is 12.1 Å². The molecule has 26 heavy (non-hydrogen) atoms. The predicted molar refractivity (Wildman–Crippen MR) is 105 cm³/mol. The molecule has 2 aliphatic rings. The molecule has 134 valence electrons. The Bertz CT molecular complexity index is 854. The van der Waals surface area contributed by atoms with E-state index in [0.717, 1.165) is 21.3 Å². The van der Waals surface area contributed by atoms with Crippen LogP contribution >= 0.6 is 15.9 Å². The van der Waals surface area contributed by atoms with Crippen LogP contribution < -0.4 is 26.4 Å². The van der Waals surface area contributed by atoms with Gasteiger partial charge in [0.2, 0.25) is 0 Å². The van der Waals surface area contributed by atoms with Gasteiger partial charge in [-0.25, -0.2) is 5.43 Å². The van der Waals surface area contributed by atoms with Crippen molar-refractivity contribution in [3.8, 4) is 0 Å². The van der Waals surface area contributed by atoms with Crippen LogP contribution in [-0.4, -0.2) is 18.4 Å². The minimum absolute atomic E-state index is 0.0796. The van der Waals surface area contributed by atoms with Gasteiger partial charge in [0.15, 0.2) is 0 Å². The second-order valence-corrected chi connectivity index (χ2v) is 7.30. The van der Waals surface area contributed by atoms with Crippen molar-refractivity contribution in [3.63, 3.8) is 0 Å². The fourth-order valence-corrected chi connectivity index (χ4v) is 3.63. The number of rotatable bonds is 4. The zero-order chi connectivity index (χ0) is 18.1. The number of hydrogen-bond acceptors (Lipinski definition) is 5. The van der Waals surface area contributed by atoms with Crippen molar-refractivity contribution in [1.82, 2.24) is 21.4 Å². The minimum Gasteiger partial charge on any atom is -0.324 e. The molecule has 2 atom stereocenters. The number of fused-ring (bicyclic) bond motifs is 1. The van der Waals surface area contributed by atoms with Gasteiger partial charge >= 0.3 is 0 Å². The maximum absolute atomic E-state index is 12.5. The average molecular weight is 414 g/mol. The van der Waals surface area contributed by atoms with Crippen LogP contribution in [-0.2, 0) is 11.3 Å². The van der Waals surface area contributed by atoms with Crippen LogP contribution in [0.15, 0.2) is 64.8 Å². The summed E-state index contributed by atoms with van der Waals surface area (Å²) in [6, 6.07) is 16.1. The highest BCUT2D eigenvalue weighted by molar-refractivity contribution is 9.10. The maximum atomic E-state index is 12.5. The zero-order valence-corrected chi connectivity index (χ0v) is 15.9. The minimum atomic E-state index is -0.302. The van der Waals surface area contributed by atoms with E-state index in [1.54, 1.807) is 0 Å². The zero-order valence-electron chi connectivity index (χ0n) is 14.3. The first-order valence-corrected chi connectivity index (χ1v) is 9.27. The summed E-state index contributed by atoms with van der Waals surface area (Å²) < 4.78 is 1.03. The molecule has 2 heterocycles. The Hall–Kier alpha value is -2.19. The van der Waals surface area contributed by atoms with Crippen molar-refractivity contribution in [1.29, 1.82) is 0 Å². The Morgan fingerprint density at radius 1 is 1.19 bits per heavy atom. The summed E-state index contributed by atoms with van der Waals surface area (Å²) in [5, 5.41) is 11.5. The van der Waals surface area contributed by atoms with Crippen LogP contribution in [0, 0.1) is 6.92 Å². The smallest absolute Gasteiger partial charge is 0.254 e. The number of hydrazine groups is 1. The monoisotopic (exact) mass is 413 g/mol. The Balaban J connectivity index is 1.44. The molecule has 2 unspecified atom stereocenters. The second kappa shape index (κ2) is 7.20. The number of nitrogens with zero attached hydrogens (tertiary/aromatic N) is 1. The molecule has 1 saturated heterocycles. The summed E-state index contributed by atoms with van der Waals surface area (Å²) in [6.45, 7) is 2.71. The summed E-state index contributed by atoms with van der Waals surface area (Å²) in [7, 11) is 0. The summed E-state index contributed by atoms with van der Waals surface area (Å²) in [4.78, 5) is 12.5. The van der Waals surface area contributed by atoms with E-state index in [-0.39, 0.29) is 18.4 Å². The molecule has 0 aliphatic carbocycles. The predicted octanol–water partition coefficient (Wildman–Crippen LogP) is 2.08. The molecule has 0 radical (unpaired) electrons. The van der Waals surface area contributed by atoms with Crippen molar-refractivity contribution in [3.05, 3.63) is 75.9 Å². The van der Waals surface area contributed by atoms with Crippen molar-refractivity contribution in [2.75, 3.05) is 5.01 Å². The molecule has 7 heteroatoms. The summed E-state index contributed by atoms with van der Waals surface area (Å²) in [6.07, 6.45) is 1.31. The lowest BCUT2D eigenvalue weighted by atomic mass is 10.1. The van der Waals surface area contributed by atoms with Gasteiger partial charge in [-0.1, -0.05) is 46.3 Å². The van der Waals surface area contributed by atoms with E-state index >= 15 is 0 Å². The molecule has 1 fully saturated rings. The summed E-state index contributed by atoms with van der Waals surface area (Å²) in [5.74, 6) is -0.0796. The highest BCUT2D eigenvalue weighted by Crippen LogP contribution is 2.27. The highest BCUT2D eigenvalue weighted by Gasteiger charge is 2.36. The van der Waals surface area contributed by atoms with Crippen LogP contribution in [0.3, 0.4) is 0 Å². The topological polar surface area (TPSA) is 68.4 Å². The van der Waals surface area contributed by atoms with Crippen molar-refractivity contribution in [2.24, 2.45) is 0 Å². The maximum Gasteiger partial charge on any atom is 0.254 e. The third-order valence-electron chi connectivity index (χ3n) is 4.49. The van der Waals surface area contributed by atoms with Gasteiger partial charge in [0.25, 0.3) is 5.91 Å². The fourth-order valence-electron chi connectivity index (χ4n) is 3.15. The molecule has 1 amide bonds. The van der Waals surface area contributed by atoms with Gasteiger partial charge in [-0.05, 0) is 36.2 Å². The number of anilines is 1. The van der Waals surface area contributed by atoms with Gasteiger partial charge in [-0.3, -0.25) is 20.4 Å². The largest absolute Gasteiger partial charge is 0.324 e. The molecular formula is C19H20BrN5O. The molecule has 2 aromatic rings. The molecular weight excluding hydrogens is 394 g/mol. The van der Waals surface area contributed by atoms with Gasteiger partial charge in [0, 0.05) is 17.2 Å². The standard InChI is InChI=1S/C19H20BrN5O/c1-12-9-14(20)7-8-16(12)25-11-15-17(24-25)22-19(23-18(15)26)21-10-13-5-3-2-4-6-13/h2-9,11,17,19,21-22,24H,10H2,1H3,(H,23,26). The highest BCUT2D eigenvalue weighted by atomic mass is 79.9. The number of nitrogens with one attached hydrogen (secondary N) is 4. The first-order valence-electron chi connectivity index (χ1n) is 8.48. The van der Waals surface area contributed by atoms with E-state index < -0.39 is 0 Å². The van der Waals surface area contributed by atoms with E-state index in [4.69, 9.17) is 0 Å². The summed E-state index contributed by atoms with van der Waals surface area (Å²) in [5.41, 5.74) is 7.30. The van der Waals surface area contributed by atoms with E-state index in [9.17, 15) is 4.79 Å². The van der Waals surface area contributed by atoms with E-state index in [1.807, 2.05) is 48.5 Å². The third-order valence-corrected chi connectivity index (χ3v) is 4.98. The normalized spacial score (nSPS) is 22.0. The molecule has 0 spiro atoms. The number of carbonyl (C=O) groups excluding carboxylic acids is 1. The molecule has 2 aromatic carbocycles. The fraction of sp³-hybridized carbons (Fsp3) is 0.211. The second-order valence-electron chi connectivity index (χ2n) is 6.39. The lowest BCUT2D eigenvalue weighted by Crippen LogP contribution is -2.66. The number of amides is 1. The van der Waals surface area contributed by atoms with Gasteiger partial charge in [-0.2, -0.15) is 0 Å². The molecule has 2 aliphatic heterocycles. The molecule has 4 N–H and O–H groups in total. The van der Waals surface area contributed by atoms with Crippen molar-refractivity contribution in [2.45, 2.75) is 25.9 Å². The van der Waals surface area contributed by atoms with Crippen molar-refractivity contribution >= 4 is 27.5 Å². The van der Waals surface area contributed by atoms with Crippen molar-refractivity contribution < 1.29 is 4.79 Å². The van der Waals surface area contributed by atoms with Crippen LogP contribution in [0.5, 0.6) is 0 Å². The number of benzene rings is 2. The number of aryl methyl sites for hydroxylation is 1. The van der Waals surface area contributed by atoms with Crippen LogP contribution in [0.2, 0.25) is 0 Å². The van der Waals surface area contributed by atoms with Gasteiger partial charge in [0.1, 0.15) is 12.5 Å². The number of halogens is 1. The quantitative estimate of drug-likeness (QED) is 0.617. The Morgan fingerprint density at radius 2 is 2.00 bits per heavy atom. The van der Waals surface area contributed by atoms with E-state index in [2.05, 4.69) is 55.5 Å². The molecule has 0 bridgehead atoms. The van der Waals surface area contributed by atoms with Crippen LogP contribution in [0.1, 0.15) is 11.1 Å². The number of hydrogen-bond donors (Lipinski definition) is 4. The Kier molecular flexibility index (Phi) is 4.78. The third kappa shape index (κ3) is 3.52. The average Bonchev–Trinajstić information content (AvgIpc) is 3.05. The first-order chi connectivity index (χ1) is 12.6. The first kappa shape index (κ1) is 17.2. The van der Waals surface area contributed by atoms with Crippen LogP contribution in [0.4, 0.5) is 5.69 Å². The van der Waals surface area contributed by atoms with Gasteiger partial charge in [-0.15, -0.1) is 0 Å². The molecule has 0 saturated carbocycles. The lowest BCUT2D eigenvalue weighted by Gasteiger charge is -2.32. The lowest BCUT2D eigenvalue weighted by molar-refractivity contribution is -0.120. The Morgan fingerprint density at radius 3 is 2.77 bits per heavy atom. The van der Waals surface area contributed by atoms with Gasteiger partial charge < -0.3 is 5.32 Å². The summed E-state index contributed by atoms with van der Waals surface area (Å²) >= 11 is 3.48. The van der Waals surface area contributed by atoms with E-state index in [1.165, 1.54) is 0 Å². The molecule has 6 nitrogen and oxygen atoms in total. The molecule has 0 aromatic heterocycles. The Labute approximate surface area is 160 Å². The van der Waals surface area contributed by atoms with Crippen LogP contribution in [0.25, 0.3) is 0 Å². The van der Waals surface area contributed by atoms with Gasteiger partial charge in [0.05, 0.1) is 11.3 Å². The number of carbonyl (C=O) groups is 1. The SMILES string of the molecule is Cc1cc(Br)ccc1N1C=C2C(=O)NC(NCc3ccccc3)NC2N1.